The summed E-state index contributed by atoms with van der Waals surface area (Å²) in [5.41, 5.74) is 0. The van der Waals surface area contributed by atoms with Gasteiger partial charge in [0.05, 0.1) is 6.54 Å². The van der Waals surface area contributed by atoms with Crippen LogP contribution in [-0.2, 0) is 0 Å². The lowest BCUT2D eigenvalue weighted by Gasteiger charge is -2.32. The minimum Gasteiger partial charge on any atom is -0.459 e. The SMILES string of the molecule is C[N+]1(C)[CH-]CCC1. The molecule has 0 aromatic carbocycles. The van der Waals surface area contributed by atoms with E-state index >= 15 is 0 Å². The van der Waals surface area contributed by atoms with Crippen molar-refractivity contribution in [3.8, 4) is 0 Å². The third-order valence-corrected chi connectivity index (χ3v) is 1.56. The van der Waals surface area contributed by atoms with E-state index in [2.05, 4.69) is 20.6 Å². The van der Waals surface area contributed by atoms with Gasteiger partial charge in [0, 0.05) is 14.1 Å². The summed E-state index contributed by atoms with van der Waals surface area (Å²) in [6, 6.07) is 0. The van der Waals surface area contributed by atoms with Gasteiger partial charge in [0.25, 0.3) is 0 Å². The number of hydrogen-bond acceptors (Lipinski definition) is 0. The van der Waals surface area contributed by atoms with Crippen molar-refractivity contribution in [3.63, 3.8) is 0 Å². The molecule has 42 valence electrons. The van der Waals surface area contributed by atoms with Crippen molar-refractivity contribution in [3.05, 3.63) is 6.54 Å². The minimum atomic E-state index is 1.12. The third kappa shape index (κ3) is 1.16. The molecule has 1 saturated heterocycles. The van der Waals surface area contributed by atoms with Gasteiger partial charge in [-0.15, -0.1) is 13.0 Å². The van der Waals surface area contributed by atoms with E-state index in [4.69, 9.17) is 0 Å². The summed E-state index contributed by atoms with van der Waals surface area (Å²) in [7, 11) is 4.49. The van der Waals surface area contributed by atoms with E-state index < -0.39 is 0 Å². The van der Waals surface area contributed by atoms with Crippen LogP contribution in [-0.4, -0.2) is 25.1 Å². The standard InChI is InChI=1S/C6H13N/c1-7(2)5-3-4-6-7/h5H,3-4,6H2,1-2H3. The highest BCUT2D eigenvalue weighted by Crippen LogP contribution is 2.16. The van der Waals surface area contributed by atoms with E-state index in [0.29, 0.717) is 0 Å². The van der Waals surface area contributed by atoms with Gasteiger partial charge < -0.3 is 4.48 Å². The predicted octanol–water partition coefficient (Wildman–Crippen LogP) is 1.02. The molecule has 0 atom stereocenters. The molecule has 1 aliphatic heterocycles. The largest absolute Gasteiger partial charge is 0.459 e. The summed E-state index contributed by atoms with van der Waals surface area (Å²) in [5, 5.41) is 0. The molecule has 0 N–H and O–H groups in total. The molecule has 0 aromatic rings. The maximum Gasteiger partial charge on any atom is 0.0520 e. The van der Waals surface area contributed by atoms with Crippen LogP contribution in [0.5, 0.6) is 0 Å². The summed E-state index contributed by atoms with van der Waals surface area (Å²) in [6.45, 7) is 3.69. The fraction of sp³-hybridized carbons (Fsp3) is 0.833. The maximum absolute atomic E-state index is 2.36. The molecule has 1 aliphatic rings. The average Bonchev–Trinajstić information content (AvgIpc) is 1.84. The molecule has 0 saturated carbocycles. The molecule has 1 nitrogen and oxygen atoms in total. The summed E-state index contributed by atoms with van der Waals surface area (Å²) >= 11 is 0. The van der Waals surface area contributed by atoms with Crippen molar-refractivity contribution in [2.45, 2.75) is 12.8 Å². The topological polar surface area (TPSA) is 0 Å². The Morgan fingerprint density at radius 1 is 1.43 bits per heavy atom. The molecule has 0 amide bonds. The van der Waals surface area contributed by atoms with Gasteiger partial charge in [-0.25, -0.2) is 0 Å². The van der Waals surface area contributed by atoms with E-state index in [1.54, 1.807) is 0 Å². The van der Waals surface area contributed by atoms with Gasteiger partial charge in [-0.3, -0.25) is 0 Å². The fourth-order valence-electron chi connectivity index (χ4n) is 1.03. The quantitative estimate of drug-likeness (QED) is 0.314. The van der Waals surface area contributed by atoms with E-state index in [9.17, 15) is 0 Å². The van der Waals surface area contributed by atoms with Crippen LogP contribution in [0.4, 0.5) is 0 Å². The van der Waals surface area contributed by atoms with Gasteiger partial charge in [0.1, 0.15) is 0 Å². The smallest absolute Gasteiger partial charge is 0.0520 e. The zero-order chi connectivity index (χ0) is 5.33. The molecule has 1 fully saturated rings. The lowest BCUT2D eigenvalue weighted by atomic mass is 10.4. The first-order chi connectivity index (χ1) is 3.21. The molecule has 0 bridgehead atoms. The van der Waals surface area contributed by atoms with Crippen molar-refractivity contribution < 1.29 is 4.48 Å². The van der Waals surface area contributed by atoms with Crippen molar-refractivity contribution in [2.75, 3.05) is 20.6 Å². The molecule has 0 radical (unpaired) electrons. The van der Waals surface area contributed by atoms with Crippen LogP contribution in [0, 0.1) is 6.54 Å². The van der Waals surface area contributed by atoms with Crippen LogP contribution in [0.1, 0.15) is 12.8 Å². The van der Waals surface area contributed by atoms with Crippen molar-refractivity contribution in [1.82, 2.24) is 0 Å². The Morgan fingerprint density at radius 3 is 2.29 bits per heavy atom. The lowest BCUT2D eigenvalue weighted by molar-refractivity contribution is -0.849. The Kier molecular flexibility index (Phi) is 1.08. The van der Waals surface area contributed by atoms with Crippen molar-refractivity contribution >= 4 is 0 Å². The first-order valence-corrected chi connectivity index (χ1v) is 2.88. The van der Waals surface area contributed by atoms with Gasteiger partial charge in [0.2, 0.25) is 0 Å². The zero-order valence-corrected chi connectivity index (χ0v) is 5.15. The van der Waals surface area contributed by atoms with Crippen molar-refractivity contribution in [2.24, 2.45) is 0 Å². The second-order valence-corrected chi connectivity index (χ2v) is 2.83. The second-order valence-electron chi connectivity index (χ2n) is 2.83. The van der Waals surface area contributed by atoms with Crippen LogP contribution in [0.2, 0.25) is 0 Å². The molecule has 7 heavy (non-hydrogen) atoms. The Labute approximate surface area is 45.5 Å². The Morgan fingerprint density at radius 2 is 2.14 bits per heavy atom. The van der Waals surface area contributed by atoms with E-state index in [-0.39, 0.29) is 0 Å². The summed E-state index contributed by atoms with van der Waals surface area (Å²) in [4.78, 5) is 0. The Balaban J connectivity index is 2.40. The van der Waals surface area contributed by atoms with Gasteiger partial charge in [-0.2, -0.15) is 0 Å². The normalized spacial score (nSPS) is 28.3. The van der Waals surface area contributed by atoms with Gasteiger partial charge in [-0.1, -0.05) is 0 Å². The average molecular weight is 99.2 g/mol. The van der Waals surface area contributed by atoms with Crippen LogP contribution in [0.3, 0.4) is 0 Å². The number of rotatable bonds is 0. The molecule has 0 aliphatic carbocycles. The number of quaternary nitrogens is 1. The molecule has 1 heterocycles. The zero-order valence-electron chi connectivity index (χ0n) is 5.15. The second kappa shape index (κ2) is 1.48. The highest BCUT2D eigenvalue weighted by atomic mass is 15.3. The van der Waals surface area contributed by atoms with E-state index in [1.807, 2.05) is 0 Å². The van der Waals surface area contributed by atoms with Gasteiger partial charge in [0.15, 0.2) is 0 Å². The minimum absolute atomic E-state index is 1.12. The lowest BCUT2D eigenvalue weighted by Crippen LogP contribution is -2.31. The number of nitrogens with zero attached hydrogens (tertiary/aromatic N) is 1. The first kappa shape index (κ1) is 5.10. The highest BCUT2D eigenvalue weighted by Gasteiger charge is 2.10. The maximum atomic E-state index is 2.36. The van der Waals surface area contributed by atoms with E-state index in [0.717, 1.165) is 4.48 Å². The van der Waals surface area contributed by atoms with Crippen LogP contribution >= 0.6 is 0 Å². The predicted molar refractivity (Wildman–Crippen MR) is 30.5 cm³/mol. The first-order valence-electron chi connectivity index (χ1n) is 2.88. The highest BCUT2D eigenvalue weighted by molar-refractivity contribution is 4.59. The molecule has 0 aromatic heterocycles. The van der Waals surface area contributed by atoms with E-state index in [1.165, 1.54) is 19.4 Å². The summed E-state index contributed by atoms with van der Waals surface area (Å²) < 4.78 is 1.12. The van der Waals surface area contributed by atoms with Crippen LogP contribution in [0.15, 0.2) is 0 Å². The number of hydrogen-bond donors (Lipinski definition) is 0. The Bertz CT molecular complexity index is 58.6. The Hall–Kier alpha value is -0.0400. The molecule has 1 rings (SSSR count). The molecule has 0 unspecified atom stereocenters. The van der Waals surface area contributed by atoms with Crippen molar-refractivity contribution in [1.29, 1.82) is 0 Å². The molecular formula is C6H13N. The summed E-state index contributed by atoms with van der Waals surface area (Å²) in [6.07, 6.45) is 2.69. The van der Waals surface area contributed by atoms with Gasteiger partial charge in [-0.05, 0) is 6.42 Å². The molecule has 0 spiro atoms. The third-order valence-electron chi connectivity index (χ3n) is 1.56. The van der Waals surface area contributed by atoms with Gasteiger partial charge >= 0.3 is 0 Å². The number of likely N-dealkylation sites (tertiary alicyclic amines) is 1. The summed E-state index contributed by atoms with van der Waals surface area (Å²) in [5.74, 6) is 0. The fourth-order valence-corrected chi connectivity index (χ4v) is 1.03. The molecule has 1 heteroatoms. The monoisotopic (exact) mass is 99.1 g/mol. The molecular weight excluding hydrogens is 86.1 g/mol. The van der Waals surface area contributed by atoms with Crippen LogP contribution in [0.25, 0.3) is 0 Å². The van der Waals surface area contributed by atoms with Crippen LogP contribution < -0.4 is 0 Å².